The van der Waals surface area contributed by atoms with Crippen molar-refractivity contribution >= 4 is 24.8 Å². The van der Waals surface area contributed by atoms with E-state index in [4.69, 9.17) is 0 Å². The molecular weight excluding hydrogens is 364 g/mol. The number of rotatable bonds is 5. The molecule has 1 saturated heterocycles. The van der Waals surface area contributed by atoms with Gasteiger partial charge in [-0.3, -0.25) is 4.90 Å². The first-order chi connectivity index (χ1) is 10.4. The van der Waals surface area contributed by atoms with Gasteiger partial charge in [-0.2, -0.15) is 0 Å². The third kappa shape index (κ3) is 6.67. The molecule has 0 aliphatic carbocycles. The van der Waals surface area contributed by atoms with Crippen LogP contribution in [0.2, 0.25) is 0 Å². The van der Waals surface area contributed by atoms with E-state index in [1.807, 2.05) is 6.07 Å². The molecule has 0 bridgehead atoms. The second kappa shape index (κ2) is 10.3. The van der Waals surface area contributed by atoms with Crippen LogP contribution in [-0.4, -0.2) is 37.4 Å². The number of benzene rings is 1. The Morgan fingerprint density at radius 2 is 1.83 bits per heavy atom. The molecule has 3 nitrogen and oxygen atoms in total. The van der Waals surface area contributed by atoms with Gasteiger partial charge in [0.25, 0.3) is 0 Å². The smallest absolute Gasteiger partial charge is 0.406 e. The summed E-state index contributed by atoms with van der Waals surface area (Å²) in [5.41, 5.74) is 0.887. The number of nitrogens with one attached hydrogen (secondary N) is 1. The molecule has 1 aliphatic heterocycles. The van der Waals surface area contributed by atoms with E-state index in [9.17, 15) is 13.2 Å². The normalized spacial score (nSPS) is 18.0. The first-order valence-electron chi connectivity index (χ1n) is 7.71. The average Bonchev–Trinajstić information content (AvgIpc) is 2.47. The molecule has 0 saturated carbocycles. The fraction of sp³-hybridized carbons (Fsp3) is 0.625. The Balaban J connectivity index is 0.00000264. The Kier molecular flexibility index (Phi) is 10.0. The predicted molar refractivity (Wildman–Crippen MR) is 94.3 cm³/mol. The molecule has 1 aliphatic rings. The first kappa shape index (κ1) is 23.3. The lowest BCUT2D eigenvalue weighted by atomic mass is 9.90. The summed E-state index contributed by atoms with van der Waals surface area (Å²) in [5, 5.41) is 3.31. The quantitative estimate of drug-likeness (QED) is 0.807. The molecule has 140 valence electrons. The van der Waals surface area contributed by atoms with E-state index in [-0.39, 0.29) is 36.6 Å². The summed E-state index contributed by atoms with van der Waals surface area (Å²) >= 11 is 0. The van der Waals surface area contributed by atoms with Crippen molar-refractivity contribution in [2.45, 2.75) is 32.7 Å². The molecule has 0 radical (unpaired) electrons. The van der Waals surface area contributed by atoms with Crippen LogP contribution in [-0.2, 0) is 0 Å². The molecule has 1 aromatic carbocycles. The Morgan fingerprint density at radius 1 is 1.21 bits per heavy atom. The SMILES string of the molecule is CCC(C)[C@H](c1cccc(OC(F)(F)F)c1)N1CCNCC1.Cl.Cl. The molecule has 1 heterocycles. The number of piperazine rings is 1. The van der Waals surface area contributed by atoms with E-state index >= 15 is 0 Å². The molecule has 24 heavy (non-hydrogen) atoms. The van der Waals surface area contributed by atoms with E-state index in [1.54, 1.807) is 6.07 Å². The highest BCUT2D eigenvalue weighted by Crippen LogP contribution is 2.33. The lowest BCUT2D eigenvalue weighted by molar-refractivity contribution is -0.274. The number of hydrogen-bond acceptors (Lipinski definition) is 3. The second-order valence-electron chi connectivity index (χ2n) is 5.74. The lowest BCUT2D eigenvalue weighted by Gasteiger charge is -2.38. The van der Waals surface area contributed by atoms with Crippen molar-refractivity contribution in [1.29, 1.82) is 0 Å². The van der Waals surface area contributed by atoms with E-state index in [0.29, 0.717) is 5.92 Å². The Hall–Kier alpha value is -0.690. The molecular formula is C16H25Cl2F3N2O. The number of halogens is 5. The van der Waals surface area contributed by atoms with Crippen molar-refractivity contribution in [3.8, 4) is 5.75 Å². The molecule has 1 unspecified atom stereocenters. The second-order valence-corrected chi connectivity index (χ2v) is 5.74. The minimum atomic E-state index is -4.65. The Labute approximate surface area is 153 Å². The molecule has 1 N–H and O–H groups in total. The van der Waals surface area contributed by atoms with E-state index in [1.165, 1.54) is 12.1 Å². The molecule has 0 spiro atoms. The van der Waals surface area contributed by atoms with Gasteiger partial charge in [0.15, 0.2) is 0 Å². The molecule has 1 fully saturated rings. The van der Waals surface area contributed by atoms with Gasteiger partial charge in [0.1, 0.15) is 5.75 Å². The summed E-state index contributed by atoms with van der Waals surface area (Å²) < 4.78 is 41.3. The van der Waals surface area contributed by atoms with Crippen LogP contribution in [0.4, 0.5) is 13.2 Å². The van der Waals surface area contributed by atoms with Crippen LogP contribution in [0.15, 0.2) is 24.3 Å². The maximum Gasteiger partial charge on any atom is 0.573 e. The zero-order valence-electron chi connectivity index (χ0n) is 13.8. The van der Waals surface area contributed by atoms with Crippen molar-refractivity contribution in [1.82, 2.24) is 10.2 Å². The highest BCUT2D eigenvalue weighted by atomic mass is 35.5. The topological polar surface area (TPSA) is 24.5 Å². The highest BCUT2D eigenvalue weighted by Gasteiger charge is 2.32. The molecule has 0 amide bonds. The van der Waals surface area contributed by atoms with Gasteiger partial charge in [-0.05, 0) is 23.6 Å². The third-order valence-electron chi connectivity index (χ3n) is 4.16. The molecule has 2 atom stereocenters. The van der Waals surface area contributed by atoms with E-state index < -0.39 is 6.36 Å². The van der Waals surface area contributed by atoms with E-state index in [0.717, 1.165) is 38.2 Å². The van der Waals surface area contributed by atoms with Gasteiger partial charge in [0, 0.05) is 32.2 Å². The summed E-state index contributed by atoms with van der Waals surface area (Å²) in [6.45, 7) is 7.87. The lowest BCUT2D eigenvalue weighted by Crippen LogP contribution is -2.46. The maximum absolute atomic E-state index is 12.4. The van der Waals surface area contributed by atoms with Crippen LogP contribution in [0.25, 0.3) is 0 Å². The third-order valence-corrected chi connectivity index (χ3v) is 4.16. The molecule has 2 rings (SSSR count). The number of hydrogen-bond donors (Lipinski definition) is 1. The van der Waals surface area contributed by atoms with Gasteiger partial charge in [-0.1, -0.05) is 32.4 Å². The number of nitrogens with zero attached hydrogens (tertiary/aromatic N) is 1. The van der Waals surface area contributed by atoms with Gasteiger partial charge in [-0.15, -0.1) is 38.0 Å². The van der Waals surface area contributed by atoms with Gasteiger partial charge < -0.3 is 10.1 Å². The van der Waals surface area contributed by atoms with Crippen LogP contribution in [0.1, 0.15) is 31.9 Å². The van der Waals surface area contributed by atoms with Crippen LogP contribution in [0.3, 0.4) is 0 Å². The maximum atomic E-state index is 12.4. The molecule has 8 heteroatoms. The fourth-order valence-corrected chi connectivity index (χ4v) is 2.98. The van der Waals surface area contributed by atoms with Crippen molar-refractivity contribution in [3.63, 3.8) is 0 Å². The Bertz CT molecular complexity index is 483. The van der Waals surface area contributed by atoms with Gasteiger partial charge >= 0.3 is 6.36 Å². The molecule has 0 aromatic heterocycles. The van der Waals surface area contributed by atoms with Crippen molar-refractivity contribution in [2.75, 3.05) is 26.2 Å². The van der Waals surface area contributed by atoms with Gasteiger partial charge in [0.2, 0.25) is 0 Å². The van der Waals surface area contributed by atoms with Gasteiger partial charge in [-0.25, -0.2) is 0 Å². The molecule has 1 aromatic rings. The van der Waals surface area contributed by atoms with Crippen molar-refractivity contribution in [3.05, 3.63) is 29.8 Å². The minimum Gasteiger partial charge on any atom is -0.406 e. The Morgan fingerprint density at radius 3 is 2.38 bits per heavy atom. The summed E-state index contributed by atoms with van der Waals surface area (Å²) in [6.07, 6.45) is -3.68. The van der Waals surface area contributed by atoms with Crippen LogP contribution in [0, 0.1) is 5.92 Å². The van der Waals surface area contributed by atoms with Crippen LogP contribution in [0.5, 0.6) is 5.75 Å². The average molecular weight is 389 g/mol. The predicted octanol–water partition coefficient (Wildman–Crippen LogP) is 4.42. The van der Waals surface area contributed by atoms with Crippen molar-refractivity contribution < 1.29 is 17.9 Å². The summed E-state index contributed by atoms with van der Waals surface area (Å²) in [7, 11) is 0. The summed E-state index contributed by atoms with van der Waals surface area (Å²) in [6, 6.07) is 6.51. The monoisotopic (exact) mass is 388 g/mol. The van der Waals surface area contributed by atoms with Crippen LogP contribution >= 0.6 is 24.8 Å². The highest BCUT2D eigenvalue weighted by molar-refractivity contribution is 5.85. The minimum absolute atomic E-state index is 0. The standard InChI is InChI=1S/C16H23F3N2O.2ClH/c1-3-12(2)15(21-9-7-20-8-10-21)13-5-4-6-14(11-13)22-16(17,18)19;;/h4-6,11-12,15,20H,3,7-10H2,1-2H3;2*1H/t12?,15-;;/m1../s1. The van der Waals surface area contributed by atoms with E-state index in [2.05, 4.69) is 28.8 Å². The zero-order chi connectivity index (χ0) is 16.2. The van der Waals surface area contributed by atoms with Crippen molar-refractivity contribution in [2.24, 2.45) is 5.92 Å². The summed E-state index contributed by atoms with van der Waals surface area (Å²) in [5.74, 6) is 0.215. The fourth-order valence-electron chi connectivity index (χ4n) is 2.98. The summed E-state index contributed by atoms with van der Waals surface area (Å²) in [4.78, 5) is 2.34. The zero-order valence-corrected chi connectivity index (χ0v) is 15.4. The number of alkyl halides is 3. The number of ether oxygens (including phenoxy) is 1. The largest absolute Gasteiger partial charge is 0.573 e. The van der Waals surface area contributed by atoms with Gasteiger partial charge in [0.05, 0.1) is 0 Å². The first-order valence-corrected chi connectivity index (χ1v) is 7.71. The van der Waals surface area contributed by atoms with Crippen LogP contribution < -0.4 is 10.1 Å².